The zero-order chi connectivity index (χ0) is 0. The van der Waals surface area contributed by atoms with Crippen LogP contribution in [0.15, 0.2) is 0 Å². The van der Waals surface area contributed by atoms with Gasteiger partial charge in [-0.1, -0.05) is 0 Å². The molecule has 3 N–H and O–H groups in total. The first-order valence-electron chi connectivity index (χ1n) is 0. The quantitative estimate of drug-likeness (QED) is 0.404. The number of hydrogen-bond donors (Lipinski definition) is 1. The van der Waals surface area contributed by atoms with Crippen molar-refractivity contribution in [1.82, 2.24) is 6.15 Å². The SMILES string of the molecule is N.[AlH3].[Fe].[KH]. The van der Waals surface area contributed by atoms with Gasteiger partial charge in [0.1, 0.15) is 0 Å². The molecule has 0 rings (SSSR count). The Morgan fingerprint density at radius 3 is 1.00 bits per heavy atom. The van der Waals surface area contributed by atoms with Crippen molar-refractivity contribution in [2.45, 2.75) is 0 Å². The first-order valence-corrected chi connectivity index (χ1v) is 0. The molecule has 1 nitrogen and oxygen atoms in total. The molecule has 0 aliphatic rings. The van der Waals surface area contributed by atoms with Gasteiger partial charge in [-0.15, -0.1) is 0 Å². The van der Waals surface area contributed by atoms with Gasteiger partial charge >= 0.3 is 51.4 Å². The average molecular weight is 143 g/mol. The van der Waals surface area contributed by atoms with Crippen molar-refractivity contribution in [2.24, 2.45) is 0 Å². The van der Waals surface area contributed by atoms with Crippen molar-refractivity contribution >= 4 is 68.7 Å². The van der Waals surface area contributed by atoms with Gasteiger partial charge in [0.2, 0.25) is 0 Å². The summed E-state index contributed by atoms with van der Waals surface area (Å²) in [6.45, 7) is 0. The molecule has 0 saturated carbocycles. The van der Waals surface area contributed by atoms with Crippen molar-refractivity contribution < 1.29 is 17.1 Å². The van der Waals surface area contributed by atoms with E-state index in [-0.39, 0.29) is 92.0 Å². The van der Waals surface area contributed by atoms with Gasteiger partial charge in [0.25, 0.3) is 0 Å². The summed E-state index contributed by atoms with van der Waals surface area (Å²) >= 11 is 0. The molecule has 0 atom stereocenters. The van der Waals surface area contributed by atoms with Crippen molar-refractivity contribution in [3.05, 3.63) is 0 Å². The van der Waals surface area contributed by atoms with Crippen molar-refractivity contribution in [3.8, 4) is 0 Å². The van der Waals surface area contributed by atoms with Crippen molar-refractivity contribution in [1.29, 1.82) is 0 Å². The van der Waals surface area contributed by atoms with Gasteiger partial charge in [0.05, 0.1) is 0 Å². The van der Waals surface area contributed by atoms with E-state index in [1.165, 1.54) is 0 Å². The van der Waals surface area contributed by atoms with E-state index in [1.54, 1.807) is 0 Å². The summed E-state index contributed by atoms with van der Waals surface area (Å²) in [6, 6.07) is 0. The zero-order valence-corrected chi connectivity index (χ0v) is 2.16. The van der Waals surface area contributed by atoms with Gasteiger partial charge in [-0.05, 0) is 0 Å². The van der Waals surface area contributed by atoms with E-state index in [0.717, 1.165) is 0 Å². The third-order valence-electron chi connectivity index (χ3n) is 0. The van der Waals surface area contributed by atoms with Gasteiger partial charge in [-0.3, -0.25) is 0 Å². The van der Waals surface area contributed by atoms with E-state index < -0.39 is 0 Å². The molecule has 0 aromatic carbocycles. The molecule has 0 spiro atoms. The second kappa shape index (κ2) is 17.4. The maximum absolute atomic E-state index is 0. The van der Waals surface area contributed by atoms with Crippen LogP contribution in [0.5, 0.6) is 0 Å². The van der Waals surface area contributed by atoms with Crippen LogP contribution in [0.3, 0.4) is 0 Å². The van der Waals surface area contributed by atoms with Crippen LogP contribution in [-0.4, -0.2) is 68.7 Å². The Bertz CT molecular complexity index is 8.00. The van der Waals surface area contributed by atoms with Crippen LogP contribution in [-0.2, 0) is 17.1 Å². The Kier molecular flexibility index (Phi) is 132. The minimum absolute atomic E-state index is 0. The second-order valence-corrected chi connectivity index (χ2v) is 0. The van der Waals surface area contributed by atoms with Gasteiger partial charge in [0, 0.05) is 17.1 Å². The summed E-state index contributed by atoms with van der Waals surface area (Å²) in [6.07, 6.45) is 0. The third-order valence-corrected chi connectivity index (χ3v) is 0. The molecule has 0 unspecified atom stereocenters. The molecule has 24 valence electrons. The van der Waals surface area contributed by atoms with Gasteiger partial charge < -0.3 is 6.15 Å². The molecule has 0 aliphatic heterocycles. The molecule has 4 heteroatoms. The molecule has 0 amide bonds. The first-order chi connectivity index (χ1) is 0. The fraction of sp³-hybridized carbons (Fsp3) is 0. The topological polar surface area (TPSA) is 35.0 Å². The van der Waals surface area contributed by atoms with Crippen LogP contribution in [0.1, 0.15) is 0 Å². The first kappa shape index (κ1) is 30.2. The summed E-state index contributed by atoms with van der Waals surface area (Å²) in [4.78, 5) is 0. The zero-order valence-electron chi connectivity index (χ0n) is 1.06. The molecule has 0 heterocycles. The Morgan fingerprint density at radius 1 is 1.00 bits per heavy atom. The van der Waals surface area contributed by atoms with E-state index >= 15 is 0 Å². The van der Waals surface area contributed by atoms with Crippen LogP contribution in [0.4, 0.5) is 0 Å². The fourth-order valence-corrected chi connectivity index (χ4v) is 0. The Balaban J connectivity index is 0. The predicted molar refractivity (Wildman–Crippen MR) is 22.1 cm³/mol. The van der Waals surface area contributed by atoms with Gasteiger partial charge in [-0.2, -0.15) is 0 Å². The number of hydrogen-bond acceptors (Lipinski definition) is 1. The Morgan fingerprint density at radius 2 is 1.00 bits per heavy atom. The van der Waals surface area contributed by atoms with E-state index in [2.05, 4.69) is 0 Å². The summed E-state index contributed by atoms with van der Waals surface area (Å²) < 4.78 is 0. The Labute approximate surface area is 89.9 Å². The Hall–Kier alpha value is 2.65. The number of rotatable bonds is 0. The fourth-order valence-electron chi connectivity index (χ4n) is 0. The van der Waals surface area contributed by atoms with E-state index in [0.29, 0.717) is 0 Å². The molecule has 0 fully saturated rings. The van der Waals surface area contributed by atoms with E-state index in [4.69, 9.17) is 0 Å². The van der Waals surface area contributed by atoms with E-state index in [9.17, 15) is 0 Å². The molecule has 0 bridgehead atoms. The van der Waals surface area contributed by atoms with Crippen LogP contribution in [0, 0.1) is 0 Å². The predicted octanol–water partition coefficient (Wildman–Crippen LogP) is -1.67. The normalized spacial score (nSPS) is 0. The van der Waals surface area contributed by atoms with Crippen molar-refractivity contribution in [3.63, 3.8) is 0 Å². The minimum atomic E-state index is 0. The standard InChI is InChI=1S/Al.Fe.K.H3N.4H/h;;;1H3;;;;. The van der Waals surface area contributed by atoms with Crippen LogP contribution in [0.2, 0.25) is 0 Å². The maximum atomic E-state index is 0. The monoisotopic (exact) mass is 143 g/mol. The van der Waals surface area contributed by atoms with Crippen LogP contribution in [0.25, 0.3) is 0 Å². The van der Waals surface area contributed by atoms with Gasteiger partial charge in [-0.25, -0.2) is 0 Å². The molecule has 0 saturated heterocycles. The molecule has 0 aromatic rings. The van der Waals surface area contributed by atoms with E-state index in [1.807, 2.05) is 0 Å². The molecule has 0 radical (unpaired) electrons. The summed E-state index contributed by atoms with van der Waals surface area (Å²) in [5, 5.41) is 0. The van der Waals surface area contributed by atoms with Crippen LogP contribution >= 0.6 is 0 Å². The second-order valence-electron chi connectivity index (χ2n) is 0. The van der Waals surface area contributed by atoms with Crippen molar-refractivity contribution in [2.75, 3.05) is 0 Å². The molecule has 0 aliphatic carbocycles. The molecular formula is H7AlFeKN. The van der Waals surface area contributed by atoms with Gasteiger partial charge in [0.15, 0.2) is 17.4 Å². The summed E-state index contributed by atoms with van der Waals surface area (Å²) in [5.41, 5.74) is 0. The molecule has 0 aromatic heterocycles. The van der Waals surface area contributed by atoms with Crippen LogP contribution < -0.4 is 6.15 Å². The average Bonchev–Trinajstić information content (AvgIpc) is 0. The molecule has 4 heavy (non-hydrogen) atoms. The third kappa shape index (κ3) is 8.82. The molecular weight excluding hydrogens is 136 g/mol. The summed E-state index contributed by atoms with van der Waals surface area (Å²) in [7, 11) is 0. The summed E-state index contributed by atoms with van der Waals surface area (Å²) in [5.74, 6) is 0.